The minimum atomic E-state index is -1.67. The Morgan fingerprint density at radius 2 is 2.18 bits per heavy atom. The minimum Gasteiger partial charge on any atom is -0.394 e. The molecule has 0 bridgehead atoms. The summed E-state index contributed by atoms with van der Waals surface area (Å²) >= 11 is 1.32. The number of carbonyl (C=O) groups excluding carboxylic acids is 1. The first-order valence-corrected chi connectivity index (χ1v) is 9.62. The zero-order chi connectivity index (χ0) is 20.1. The molecule has 3 aromatic heterocycles. The lowest BCUT2D eigenvalue weighted by Gasteiger charge is -2.36. The van der Waals surface area contributed by atoms with Gasteiger partial charge in [0.15, 0.2) is 6.23 Å². The molecule has 3 atom stereocenters. The fraction of sp³-hybridized carbons (Fsp3) is 0.389. The first-order chi connectivity index (χ1) is 13.4. The molecule has 0 aliphatic carbocycles. The highest BCUT2D eigenvalue weighted by molar-refractivity contribution is 7.12. The normalized spacial score (nSPS) is 17.5. The molecular formula is C18H20N4O5S. The van der Waals surface area contributed by atoms with E-state index in [0.717, 1.165) is 11.1 Å². The van der Waals surface area contributed by atoms with Crippen LogP contribution >= 0.6 is 11.3 Å². The molecule has 0 saturated carbocycles. The smallest absolute Gasteiger partial charge is 0.267 e. The average molecular weight is 404 g/mol. The molecule has 9 nitrogen and oxygen atoms in total. The number of aliphatic hydroxyl groups is 3. The Bertz CT molecular complexity index is 1040. The quantitative estimate of drug-likeness (QED) is 0.488. The maximum absolute atomic E-state index is 12.5. The third kappa shape index (κ3) is 2.81. The second-order valence-corrected chi connectivity index (χ2v) is 7.75. The molecule has 0 fully saturated rings. The van der Waals surface area contributed by atoms with Crippen LogP contribution < -0.4 is 5.32 Å². The Labute approximate surface area is 164 Å². The Morgan fingerprint density at radius 1 is 1.39 bits per heavy atom. The number of nitrogens with one attached hydrogen (secondary N) is 1. The summed E-state index contributed by atoms with van der Waals surface area (Å²) in [6.07, 6.45) is 0.893. The van der Waals surface area contributed by atoms with Crippen LogP contribution in [0.15, 0.2) is 24.0 Å². The molecule has 1 aliphatic heterocycles. The van der Waals surface area contributed by atoms with Crippen LogP contribution in [0.5, 0.6) is 0 Å². The van der Waals surface area contributed by atoms with Gasteiger partial charge in [-0.25, -0.2) is 9.97 Å². The molecule has 3 aromatic rings. The molecule has 4 rings (SSSR count). The summed E-state index contributed by atoms with van der Waals surface area (Å²) in [5.41, 5.74) is 0.216. The van der Waals surface area contributed by atoms with Crippen molar-refractivity contribution in [2.24, 2.45) is 0 Å². The van der Waals surface area contributed by atoms with E-state index < -0.39 is 17.9 Å². The topological polar surface area (TPSA) is 130 Å². The first kappa shape index (κ1) is 19.0. The van der Waals surface area contributed by atoms with Crippen LogP contribution in [0.1, 0.15) is 29.7 Å². The molecule has 0 saturated heterocycles. The predicted molar refractivity (Wildman–Crippen MR) is 103 cm³/mol. The summed E-state index contributed by atoms with van der Waals surface area (Å²) in [7, 11) is 0. The van der Waals surface area contributed by atoms with Crippen LogP contribution in [0.4, 0.5) is 5.82 Å². The molecule has 10 heteroatoms. The molecule has 1 unspecified atom stereocenters. The number of fused-ring (bicyclic) bond motifs is 2. The number of carbonyl (C=O) groups is 1. The van der Waals surface area contributed by atoms with Gasteiger partial charge < -0.3 is 29.9 Å². The van der Waals surface area contributed by atoms with Crippen molar-refractivity contribution in [1.29, 1.82) is 0 Å². The number of nitrogens with zero attached hydrogens (tertiary/aromatic N) is 3. The highest BCUT2D eigenvalue weighted by Crippen LogP contribution is 2.42. The highest BCUT2D eigenvalue weighted by Gasteiger charge is 2.41. The van der Waals surface area contributed by atoms with Gasteiger partial charge in [0, 0.05) is 17.3 Å². The van der Waals surface area contributed by atoms with E-state index in [1.165, 1.54) is 31.5 Å². The summed E-state index contributed by atoms with van der Waals surface area (Å²) in [5.74, 6) is 0.126. The lowest BCUT2D eigenvalue weighted by molar-refractivity contribution is -0.183. The summed E-state index contributed by atoms with van der Waals surface area (Å²) in [5, 5.41) is 35.5. The second kappa shape index (κ2) is 6.90. The fourth-order valence-electron chi connectivity index (χ4n) is 3.33. The van der Waals surface area contributed by atoms with Gasteiger partial charge in [0.05, 0.1) is 24.7 Å². The number of hydrogen-bond donors (Lipinski definition) is 4. The van der Waals surface area contributed by atoms with E-state index in [1.807, 2.05) is 11.4 Å². The van der Waals surface area contributed by atoms with Crippen LogP contribution in [-0.4, -0.2) is 60.7 Å². The van der Waals surface area contributed by atoms with Gasteiger partial charge in [-0.1, -0.05) is 0 Å². The molecule has 28 heavy (non-hydrogen) atoms. The van der Waals surface area contributed by atoms with Gasteiger partial charge in [-0.05, 0) is 25.3 Å². The van der Waals surface area contributed by atoms with Crippen molar-refractivity contribution in [3.63, 3.8) is 0 Å². The van der Waals surface area contributed by atoms with Crippen molar-refractivity contribution in [3.8, 4) is 11.1 Å². The van der Waals surface area contributed by atoms with Gasteiger partial charge >= 0.3 is 0 Å². The summed E-state index contributed by atoms with van der Waals surface area (Å²) in [4.78, 5) is 21.6. The monoisotopic (exact) mass is 404 g/mol. The number of ether oxygens (including phenoxy) is 1. The molecule has 0 spiro atoms. The van der Waals surface area contributed by atoms with Gasteiger partial charge in [-0.2, -0.15) is 0 Å². The van der Waals surface area contributed by atoms with Crippen molar-refractivity contribution >= 4 is 34.1 Å². The van der Waals surface area contributed by atoms with Gasteiger partial charge in [0.1, 0.15) is 28.3 Å². The maximum atomic E-state index is 12.5. The standard InChI is InChI=1S/C18H20N4O5S/c1-9(24)18(2,26)17(27-5-4-23)22-7-11-10-3-6-28-13(10)16(25)21-14-12(11)15(22)20-8-19-14/h3,6-9,17,23-24,26H,4-5H2,1-2H3,(H,19,20,21,25)/t9-,17?,18-/m1/s1. The van der Waals surface area contributed by atoms with E-state index in [9.17, 15) is 20.1 Å². The van der Waals surface area contributed by atoms with Crippen molar-refractivity contribution in [3.05, 3.63) is 28.8 Å². The molecule has 0 radical (unpaired) electrons. The lowest BCUT2D eigenvalue weighted by atomic mass is 9.98. The third-order valence-electron chi connectivity index (χ3n) is 4.97. The molecule has 4 N–H and O–H groups in total. The van der Waals surface area contributed by atoms with E-state index in [4.69, 9.17) is 4.74 Å². The third-order valence-corrected chi connectivity index (χ3v) is 5.88. The Hall–Kier alpha value is -2.37. The minimum absolute atomic E-state index is 0.0408. The number of amides is 1. The van der Waals surface area contributed by atoms with Crippen LogP contribution in [-0.2, 0) is 4.74 Å². The number of aromatic nitrogens is 3. The molecule has 1 aliphatic rings. The summed E-state index contributed by atoms with van der Waals surface area (Å²) in [6.45, 7) is 2.63. The number of anilines is 1. The summed E-state index contributed by atoms with van der Waals surface area (Å²) in [6, 6.07) is 1.84. The predicted octanol–water partition coefficient (Wildman–Crippen LogP) is 1.36. The maximum Gasteiger partial charge on any atom is 0.267 e. The zero-order valence-corrected chi connectivity index (χ0v) is 16.1. The van der Waals surface area contributed by atoms with Crippen LogP contribution in [0.3, 0.4) is 0 Å². The molecule has 4 heterocycles. The van der Waals surface area contributed by atoms with E-state index in [2.05, 4.69) is 15.3 Å². The largest absolute Gasteiger partial charge is 0.394 e. The Balaban J connectivity index is 1.97. The van der Waals surface area contributed by atoms with Gasteiger partial charge in [0.25, 0.3) is 5.91 Å². The average Bonchev–Trinajstić information content (AvgIpc) is 3.25. The number of hydrogen-bond acceptors (Lipinski definition) is 8. The SMILES string of the molecule is C[C@@H](O)[C@@](C)(O)C(OCCO)n1cc2c3c(ncnc31)NC(=O)c1sccc1-2. The number of rotatable bonds is 6. The van der Waals surface area contributed by atoms with E-state index in [1.54, 1.807) is 10.8 Å². The Kier molecular flexibility index (Phi) is 4.68. The van der Waals surface area contributed by atoms with Crippen LogP contribution in [0.25, 0.3) is 22.2 Å². The van der Waals surface area contributed by atoms with E-state index in [0.29, 0.717) is 21.7 Å². The van der Waals surface area contributed by atoms with Crippen molar-refractivity contribution in [2.75, 3.05) is 18.5 Å². The van der Waals surface area contributed by atoms with Gasteiger partial charge in [0.2, 0.25) is 0 Å². The highest BCUT2D eigenvalue weighted by atomic mass is 32.1. The van der Waals surface area contributed by atoms with Crippen molar-refractivity contribution in [2.45, 2.75) is 31.8 Å². The molecule has 1 amide bonds. The second-order valence-electron chi connectivity index (χ2n) is 6.84. The van der Waals surface area contributed by atoms with Crippen molar-refractivity contribution < 1.29 is 24.9 Å². The van der Waals surface area contributed by atoms with E-state index >= 15 is 0 Å². The van der Waals surface area contributed by atoms with Gasteiger partial charge in [-0.3, -0.25) is 4.79 Å². The lowest BCUT2D eigenvalue weighted by Crippen LogP contribution is -2.47. The first-order valence-electron chi connectivity index (χ1n) is 8.74. The molecular weight excluding hydrogens is 384 g/mol. The summed E-state index contributed by atoms with van der Waals surface area (Å²) < 4.78 is 7.32. The van der Waals surface area contributed by atoms with Gasteiger partial charge in [-0.15, -0.1) is 11.3 Å². The van der Waals surface area contributed by atoms with E-state index in [-0.39, 0.29) is 19.1 Å². The molecule has 0 aromatic carbocycles. The van der Waals surface area contributed by atoms with Crippen LogP contribution in [0, 0.1) is 0 Å². The number of thiophene rings is 1. The van der Waals surface area contributed by atoms with Crippen LogP contribution in [0.2, 0.25) is 0 Å². The Morgan fingerprint density at radius 3 is 2.89 bits per heavy atom. The van der Waals surface area contributed by atoms with Crippen molar-refractivity contribution in [1.82, 2.24) is 14.5 Å². The fourth-order valence-corrected chi connectivity index (χ4v) is 4.13. The zero-order valence-electron chi connectivity index (χ0n) is 15.3. The number of aliphatic hydroxyl groups excluding tert-OH is 2. The molecule has 148 valence electrons.